The summed E-state index contributed by atoms with van der Waals surface area (Å²) in [6, 6.07) is 10.8. The van der Waals surface area contributed by atoms with Crippen molar-refractivity contribution in [3.8, 4) is 0 Å². The Labute approximate surface area is 125 Å². The Morgan fingerprint density at radius 3 is 2.55 bits per heavy atom. The topological polar surface area (TPSA) is 55.5 Å². The second-order valence-corrected chi connectivity index (χ2v) is 5.35. The number of aryl methyl sites for hydroxylation is 2. The van der Waals surface area contributed by atoms with Gasteiger partial charge in [-0.25, -0.2) is 0 Å². The van der Waals surface area contributed by atoms with Crippen LogP contribution in [0.3, 0.4) is 0 Å². The summed E-state index contributed by atoms with van der Waals surface area (Å²) in [6.07, 6.45) is 1.63. The van der Waals surface area contributed by atoms with Gasteiger partial charge in [-0.05, 0) is 64.7 Å². The molecule has 0 radical (unpaired) electrons. The van der Waals surface area contributed by atoms with Gasteiger partial charge in [0.15, 0.2) is 0 Å². The monoisotopic (exact) mass is 332 g/mol. The van der Waals surface area contributed by atoms with Crippen LogP contribution >= 0.6 is 15.9 Å². The Bertz CT molecular complexity index is 696. The van der Waals surface area contributed by atoms with Gasteiger partial charge in [-0.2, -0.15) is 0 Å². The molecule has 0 aromatic heterocycles. The van der Waals surface area contributed by atoms with Gasteiger partial charge in [0, 0.05) is 12.3 Å². The molecule has 0 aliphatic rings. The first-order valence-corrected chi connectivity index (χ1v) is 6.82. The fourth-order valence-corrected chi connectivity index (χ4v) is 2.10. The maximum absolute atomic E-state index is 10.9. The largest absolute Gasteiger partial charge is 0.284 e. The summed E-state index contributed by atoms with van der Waals surface area (Å²) in [4.78, 5) is 14.8. The number of nitrogens with zero attached hydrogens (tertiary/aromatic N) is 2. The Kier molecular flexibility index (Phi) is 4.29. The molecule has 0 bridgehead atoms. The molecule has 0 aliphatic carbocycles. The zero-order chi connectivity index (χ0) is 14.7. The van der Waals surface area contributed by atoms with Crippen molar-refractivity contribution in [3.63, 3.8) is 0 Å². The van der Waals surface area contributed by atoms with Crippen LogP contribution in [0.1, 0.15) is 16.7 Å². The molecule has 2 rings (SSSR count). The minimum absolute atomic E-state index is 0.0361. The van der Waals surface area contributed by atoms with Crippen LogP contribution in [0.4, 0.5) is 11.4 Å². The molecule has 0 saturated heterocycles. The Hall–Kier alpha value is -2.01. The Morgan fingerprint density at radius 2 is 1.90 bits per heavy atom. The van der Waals surface area contributed by atoms with Crippen molar-refractivity contribution in [2.45, 2.75) is 13.8 Å². The number of halogens is 1. The number of hydrogen-bond acceptors (Lipinski definition) is 3. The maximum atomic E-state index is 10.9. The number of nitro groups is 1. The van der Waals surface area contributed by atoms with Crippen LogP contribution in [0.15, 0.2) is 45.9 Å². The fraction of sp³-hybridized carbons (Fsp3) is 0.133. The SMILES string of the molecule is Cc1ccc(N=Cc2ccc(Br)c([N+](=O)[O-])c2)cc1C. The van der Waals surface area contributed by atoms with E-state index < -0.39 is 4.92 Å². The summed E-state index contributed by atoms with van der Waals surface area (Å²) in [7, 11) is 0. The molecule has 0 saturated carbocycles. The van der Waals surface area contributed by atoms with Crippen molar-refractivity contribution < 1.29 is 4.92 Å². The molecule has 0 fully saturated rings. The molecule has 2 aromatic rings. The van der Waals surface area contributed by atoms with Gasteiger partial charge in [0.2, 0.25) is 0 Å². The first kappa shape index (κ1) is 14.4. The predicted molar refractivity (Wildman–Crippen MR) is 84.0 cm³/mol. The van der Waals surface area contributed by atoms with Crippen LogP contribution in [0, 0.1) is 24.0 Å². The van der Waals surface area contributed by atoms with E-state index in [2.05, 4.69) is 20.9 Å². The molecular weight excluding hydrogens is 320 g/mol. The summed E-state index contributed by atoms with van der Waals surface area (Å²) in [5, 5.41) is 10.9. The summed E-state index contributed by atoms with van der Waals surface area (Å²) in [5.74, 6) is 0. The highest BCUT2D eigenvalue weighted by molar-refractivity contribution is 9.10. The van der Waals surface area contributed by atoms with Gasteiger partial charge in [-0.15, -0.1) is 0 Å². The lowest BCUT2D eigenvalue weighted by Crippen LogP contribution is -1.91. The van der Waals surface area contributed by atoms with E-state index in [1.54, 1.807) is 18.3 Å². The summed E-state index contributed by atoms with van der Waals surface area (Å²) in [5.41, 5.74) is 3.94. The van der Waals surface area contributed by atoms with Gasteiger partial charge >= 0.3 is 0 Å². The average Bonchev–Trinajstić information content (AvgIpc) is 2.41. The highest BCUT2D eigenvalue weighted by atomic mass is 79.9. The van der Waals surface area contributed by atoms with E-state index in [-0.39, 0.29) is 5.69 Å². The zero-order valence-corrected chi connectivity index (χ0v) is 12.7. The molecule has 102 valence electrons. The quantitative estimate of drug-likeness (QED) is 0.463. The van der Waals surface area contributed by atoms with Crippen molar-refractivity contribution in [1.82, 2.24) is 0 Å². The molecule has 0 unspecified atom stereocenters. The van der Waals surface area contributed by atoms with Gasteiger partial charge in [-0.1, -0.05) is 12.1 Å². The van der Waals surface area contributed by atoms with Gasteiger partial charge in [-0.3, -0.25) is 15.1 Å². The molecule has 0 amide bonds. The Balaban J connectivity index is 2.29. The third-order valence-corrected chi connectivity index (χ3v) is 3.69. The molecule has 0 aliphatic heterocycles. The molecule has 0 atom stereocenters. The van der Waals surface area contributed by atoms with Gasteiger partial charge in [0.1, 0.15) is 0 Å². The lowest BCUT2D eigenvalue weighted by atomic mass is 10.1. The van der Waals surface area contributed by atoms with Crippen LogP contribution in [-0.4, -0.2) is 11.1 Å². The minimum atomic E-state index is -0.419. The van der Waals surface area contributed by atoms with Crippen LogP contribution in [0.25, 0.3) is 0 Å². The minimum Gasteiger partial charge on any atom is -0.258 e. The van der Waals surface area contributed by atoms with E-state index in [4.69, 9.17) is 0 Å². The van der Waals surface area contributed by atoms with Crippen molar-refractivity contribution in [2.24, 2.45) is 4.99 Å². The van der Waals surface area contributed by atoms with Gasteiger partial charge in [0.05, 0.1) is 15.1 Å². The van der Waals surface area contributed by atoms with Gasteiger partial charge in [0.25, 0.3) is 5.69 Å². The van der Waals surface area contributed by atoms with E-state index in [1.807, 2.05) is 32.0 Å². The smallest absolute Gasteiger partial charge is 0.258 e. The van der Waals surface area contributed by atoms with Crippen molar-refractivity contribution in [3.05, 3.63) is 67.7 Å². The molecular formula is C15H13BrN2O2. The molecule has 4 nitrogen and oxygen atoms in total. The second-order valence-electron chi connectivity index (χ2n) is 4.49. The molecule has 5 heteroatoms. The van der Waals surface area contributed by atoms with Crippen LogP contribution in [0.5, 0.6) is 0 Å². The third-order valence-electron chi connectivity index (χ3n) is 3.02. The van der Waals surface area contributed by atoms with E-state index >= 15 is 0 Å². The normalized spacial score (nSPS) is 10.9. The number of aliphatic imine (C=N–C) groups is 1. The first-order chi connectivity index (χ1) is 9.47. The molecule has 0 heterocycles. The molecule has 0 N–H and O–H groups in total. The van der Waals surface area contributed by atoms with E-state index in [0.29, 0.717) is 10.0 Å². The van der Waals surface area contributed by atoms with E-state index in [1.165, 1.54) is 17.2 Å². The second kappa shape index (κ2) is 5.96. The third kappa shape index (κ3) is 3.30. The highest BCUT2D eigenvalue weighted by Crippen LogP contribution is 2.25. The number of hydrogen-bond donors (Lipinski definition) is 0. The van der Waals surface area contributed by atoms with Crippen molar-refractivity contribution in [2.75, 3.05) is 0 Å². The van der Waals surface area contributed by atoms with Crippen molar-refractivity contribution >= 4 is 33.5 Å². The lowest BCUT2D eigenvalue weighted by Gasteiger charge is -2.01. The van der Waals surface area contributed by atoms with Crippen LogP contribution in [0.2, 0.25) is 0 Å². The maximum Gasteiger partial charge on any atom is 0.284 e. The lowest BCUT2D eigenvalue weighted by molar-refractivity contribution is -0.385. The number of benzene rings is 2. The number of nitro benzene ring substituents is 1. The fourth-order valence-electron chi connectivity index (χ4n) is 1.70. The Morgan fingerprint density at radius 1 is 1.15 bits per heavy atom. The molecule has 20 heavy (non-hydrogen) atoms. The van der Waals surface area contributed by atoms with Gasteiger partial charge < -0.3 is 0 Å². The van der Waals surface area contributed by atoms with Crippen LogP contribution < -0.4 is 0 Å². The van der Waals surface area contributed by atoms with Crippen molar-refractivity contribution in [1.29, 1.82) is 0 Å². The first-order valence-electron chi connectivity index (χ1n) is 6.02. The highest BCUT2D eigenvalue weighted by Gasteiger charge is 2.11. The summed E-state index contributed by atoms with van der Waals surface area (Å²) >= 11 is 3.16. The molecule has 0 spiro atoms. The molecule has 2 aromatic carbocycles. The predicted octanol–water partition coefficient (Wildman–Crippen LogP) is 4.72. The standard InChI is InChI=1S/C15H13BrN2O2/c1-10-3-5-13(7-11(10)2)17-9-12-4-6-14(16)15(8-12)18(19)20/h3-9H,1-2H3. The van der Waals surface area contributed by atoms with E-state index in [0.717, 1.165) is 5.69 Å². The summed E-state index contributed by atoms with van der Waals surface area (Å²) < 4.78 is 0.464. The summed E-state index contributed by atoms with van der Waals surface area (Å²) in [6.45, 7) is 4.07. The van der Waals surface area contributed by atoms with E-state index in [9.17, 15) is 10.1 Å². The zero-order valence-electron chi connectivity index (χ0n) is 11.1. The van der Waals surface area contributed by atoms with Crippen LogP contribution in [-0.2, 0) is 0 Å². The number of rotatable bonds is 3. The average molecular weight is 333 g/mol.